The molecule has 1 spiro atoms. The smallest absolute Gasteiger partial charge is 0.335 e. The van der Waals surface area contributed by atoms with E-state index in [-0.39, 0.29) is 18.0 Å². The Kier molecular flexibility index (Phi) is 5.71. The van der Waals surface area contributed by atoms with E-state index in [4.69, 9.17) is 0 Å². The van der Waals surface area contributed by atoms with Crippen LogP contribution in [0.15, 0.2) is 63.1 Å². The van der Waals surface area contributed by atoms with Crippen LogP contribution in [0.25, 0.3) is 5.69 Å². The predicted molar refractivity (Wildman–Crippen MR) is 145 cm³/mol. The first-order valence-corrected chi connectivity index (χ1v) is 12.8. The second-order valence-corrected chi connectivity index (χ2v) is 10.2. The van der Waals surface area contributed by atoms with Crippen molar-refractivity contribution in [2.24, 2.45) is 10.4 Å². The van der Waals surface area contributed by atoms with Crippen LogP contribution in [0.4, 0.5) is 16.2 Å². The number of aliphatic imine (C=N–C) groups is 1. The number of urea groups is 1. The highest BCUT2D eigenvalue weighted by Gasteiger charge is 2.63. The number of aromatic amines is 1. The number of barbiturate groups is 1. The minimum atomic E-state index is -1.44. The number of hydrogen-bond acceptors (Lipinski definition) is 8. The summed E-state index contributed by atoms with van der Waals surface area (Å²) in [6.07, 6.45) is 2.71. The van der Waals surface area contributed by atoms with Crippen LogP contribution >= 0.6 is 0 Å². The summed E-state index contributed by atoms with van der Waals surface area (Å²) in [7, 11) is 2.79. The molecule has 2 N–H and O–H groups in total. The molecule has 0 saturated carbocycles. The number of carbonyl (C=O) groups excluding carboxylic acids is 3. The van der Waals surface area contributed by atoms with E-state index in [0.717, 1.165) is 26.5 Å². The van der Waals surface area contributed by atoms with Gasteiger partial charge >= 0.3 is 11.7 Å². The molecule has 2 aromatic carbocycles. The largest absolute Gasteiger partial charge is 0.493 e. The second kappa shape index (κ2) is 9.04. The van der Waals surface area contributed by atoms with Gasteiger partial charge in [0.2, 0.25) is 17.7 Å². The van der Waals surface area contributed by atoms with E-state index in [1.807, 2.05) is 6.07 Å². The van der Waals surface area contributed by atoms with Crippen LogP contribution in [-0.4, -0.2) is 75.2 Å². The van der Waals surface area contributed by atoms with Gasteiger partial charge in [0.25, 0.3) is 5.56 Å². The van der Waals surface area contributed by atoms with Gasteiger partial charge < -0.3 is 10.0 Å². The molecule has 4 amide bonds. The number of anilines is 1. The third kappa shape index (κ3) is 3.52. The Labute approximate surface area is 227 Å². The predicted octanol–water partition coefficient (Wildman–Crippen LogP) is 1.54. The maximum Gasteiger partial charge on any atom is 0.335 e. The summed E-state index contributed by atoms with van der Waals surface area (Å²) >= 11 is 0. The standard InChI is InChI=1S/C28H26N6O6/c1-31-24(37)28(25(38)32(2)27(31)40)14-16-13-17(10-11-20(16)33-12-6-9-21(28)33)29-15-19-22(35)30-26(39)34(23(19)36)18-7-4-3-5-8-18/h3-5,7-8,10-11,13,15,21,36H,6,9,12,14H2,1-2H3,(H,30,35,39). The van der Waals surface area contributed by atoms with Crippen LogP contribution in [0.1, 0.15) is 24.0 Å². The quantitative estimate of drug-likeness (QED) is 0.377. The van der Waals surface area contributed by atoms with Crippen LogP contribution in [0.5, 0.6) is 5.88 Å². The normalized spacial score (nSPS) is 20.0. The average molecular weight is 543 g/mol. The van der Waals surface area contributed by atoms with Crippen LogP contribution in [0.3, 0.4) is 0 Å². The van der Waals surface area contributed by atoms with Gasteiger partial charge in [-0.1, -0.05) is 18.2 Å². The van der Waals surface area contributed by atoms with Gasteiger partial charge in [-0.25, -0.2) is 14.2 Å². The second-order valence-electron chi connectivity index (χ2n) is 10.2. The molecule has 40 heavy (non-hydrogen) atoms. The molecule has 12 nitrogen and oxygen atoms in total. The van der Waals surface area contributed by atoms with Crippen molar-refractivity contribution in [1.82, 2.24) is 19.4 Å². The van der Waals surface area contributed by atoms with E-state index >= 15 is 0 Å². The fourth-order valence-electron chi connectivity index (χ4n) is 6.20. The maximum atomic E-state index is 13.6. The lowest BCUT2D eigenvalue weighted by Crippen LogP contribution is -2.70. The van der Waals surface area contributed by atoms with E-state index in [1.54, 1.807) is 42.5 Å². The fraction of sp³-hybridized carbons (Fsp3) is 0.286. The summed E-state index contributed by atoms with van der Waals surface area (Å²) in [6, 6.07) is 12.7. The highest BCUT2D eigenvalue weighted by Crippen LogP contribution is 2.49. The molecule has 0 bridgehead atoms. The topological polar surface area (TPSA) is 148 Å². The molecule has 2 fully saturated rings. The number of amides is 4. The molecule has 3 aliphatic heterocycles. The Bertz CT molecular complexity index is 1700. The first-order valence-electron chi connectivity index (χ1n) is 12.8. The minimum Gasteiger partial charge on any atom is -0.493 e. The number of aromatic nitrogens is 2. The number of carbonyl (C=O) groups is 3. The first-order chi connectivity index (χ1) is 19.1. The molecule has 4 heterocycles. The number of para-hydroxylation sites is 1. The van der Waals surface area contributed by atoms with Gasteiger partial charge in [0, 0.05) is 32.5 Å². The Balaban J connectivity index is 1.41. The number of nitrogens with one attached hydrogen (secondary N) is 1. The van der Waals surface area contributed by atoms with Gasteiger partial charge in [-0.2, -0.15) is 0 Å². The van der Waals surface area contributed by atoms with E-state index in [9.17, 15) is 29.1 Å². The minimum absolute atomic E-state index is 0.0945. The van der Waals surface area contributed by atoms with Crippen molar-refractivity contribution in [1.29, 1.82) is 0 Å². The number of rotatable bonds is 3. The van der Waals surface area contributed by atoms with Gasteiger partial charge in [0.15, 0.2) is 5.41 Å². The zero-order chi connectivity index (χ0) is 28.3. The average Bonchev–Trinajstić information content (AvgIpc) is 3.45. The van der Waals surface area contributed by atoms with Crippen LogP contribution in [0.2, 0.25) is 0 Å². The number of nitrogens with zero attached hydrogens (tertiary/aromatic N) is 5. The summed E-state index contributed by atoms with van der Waals surface area (Å²) in [6.45, 7) is 0.661. The van der Waals surface area contributed by atoms with Crippen molar-refractivity contribution in [3.63, 3.8) is 0 Å². The summed E-state index contributed by atoms with van der Waals surface area (Å²) in [5, 5.41) is 10.8. The molecule has 2 saturated heterocycles. The molecule has 1 unspecified atom stereocenters. The third-order valence-electron chi connectivity index (χ3n) is 8.09. The molecular formula is C28H26N6O6. The Morgan fingerprint density at radius 1 is 1.00 bits per heavy atom. The molecule has 1 atom stereocenters. The molecule has 0 radical (unpaired) electrons. The number of aromatic hydroxyl groups is 1. The van der Waals surface area contributed by atoms with Gasteiger partial charge in [0.05, 0.1) is 17.4 Å². The molecule has 6 rings (SSSR count). The molecule has 1 aromatic heterocycles. The molecule has 0 aliphatic carbocycles. The zero-order valence-electron chi connectivity index (χ0n) is 21.8. The van der Waals surface area contributed by atoms with E-state index in [1.165, 1.54) is 20.3 Å². The third-order valence-corrected chi connectivity index (χ3v) is 8.09. The van der Waals surface area contributed by atoms with Crippen LogP contribution in [-0.2, 0) is 16.0 Å². The summed E-state index contributed by atoms with van der Waals surface area (Å²) in [4.78, 5) is 75.3. The van der Waals surface area contributed by atoms with Gasteiger partial charge in [-0.05, 0) is 55.2 Å². The summed E-state index contributed by atoms with van der Waals surface area (Å²) in [5.41, 5.74) is -0.876. The number of benzene rings is 2. The van der Waals surface area contributed by atoms with Gasteiger partial charge in [-0.3, -0.25) is 34.2 Å². The van der Waals surface area contributed by atoms with Crippen molar-refractivity contribution < 1.29 is 19.5 Å². The lowest BCUT2D eigenvalue weighted by atomic mass is 9.68. The van der Waals surface area contributed by atoms with Crippen molar-refractivity contribution >= 4 is 35.4 Å². The fourth-order valence-corrected chi connectivity index (χ4v) is 6.20. The van der Waals surface area contributed by atoms with Crippen molar-refractivity contribution in [3.05, 3.63) is 80.5 Å². The van der Waals surface area contributed by atoms with Crippen molar-refractivity contribution in [3.8, 4) is 11.6 Å². The number of imide groups is 2. The summed E-state index contributed by atoms with van der Waals surface area (Å²) < 4.78 is 0.974. The van der Waals surface area contributed by atoms with E-state index < -0.39 is 40.4 Å². The molecule has 12 heteroatoms. The van der Waals surface area contributed by atoms with Crippen molar-refractivity contribution in [2.75, 3.05) is 25.5 Å². The summed E-state index contributed by atoms with van der Waals surface area (Å²) in [5.74, 6) is -1.59. The number of H-pyrrole nitrogens is 1. The molecule has 3 aromatic rings. The Morgan fingerprint density at radius 3 is 2.40 bits per heavy atom. The SMILES string of the molecule is CN1C(=O)N(C)C(=O)C2(Cc3cc(N=Cc4c(O)n(-c5ccccc5)c(=O)[nH]c4=O)ccc3N3CCCC32)C1=O. The number of fused-ring (bicyclic) bond motifs is 4. The maximum absolute atomic E-state index is 13.6. The van der Waals surface area contributed by atoms with Crippen LogP contribution in [0, 0.1) is 5.41 Å². The monoisotopic (exact) mass is 542 g/mol. The van der Waals surface area contributed by atoms with E-state index in [0.29, 0.717) is 29.9 Å². The zero-order valence-corrected chi connectivity index (χ0v) is 21.8. The van der Waals surface area contributed by atoms with Gasteiger partial charge in [-0.15, -0.1) is 0 Å². The van der Waals surface area contributed by atoms with E-state index in [2.05, 4.69) is 14.9 Å². The highest BCUT2D eigenvalue weighted by molar-refractivity contribution is 6.20. The first kappa shape index (κ1) is 25.3. The van der Waals surface area contributed by atoms with Crippen molar-refractivity contribution in [2.45, 2.75) is 25.3 Å². The van der Waals surface area contributed by atoms with Crippen LogP contribution < -0.4 is 16.1 Å². The highest BCUT2D eigenvalue weighted by atomic mass is 16.3. The Morgan fingerprint density at radius 2 is 1.70 bits per heavy atom. The number of hydrogen-bond donors (Lipinski definition) is 2. The molecule has 204 valence electrons. The lowest BCUT2D eigenvalue weighted by Gasteiger charge is -2.50. The molecular weight excluding hydrogens is 516 g/mol. The molecule has 3 aliphatic rings. The lowest BCUT2D eigenvalue weighted by molar-refractivity contribution is -0.159. The van der Waals surface area contributed by atoms with Gasteiger partial charge in [0.1, 0.15) is 5.56 Å². The Hall–Kier alpha value is -5.00.